The topological polar surface area (TPSA) is 107 Å². The maximum atomic E-state index is 11.5. The highest BCUT2D eigenvalue weighted by Gasteiger charge is 2.20. The quantitative estimate of drug-likeness (QED) is 0.366. The standard InChI is InChI=1S/C12H23N2O5P/c1-20(18,19)9-11(15)13-8-12(16)14(17)7-6-10-4-2-3-5-10/h10,17H,2-9H2,1H3,(H,13,15)(H,18,19). The number of carbonyl (C=O) groups is 2. The summed E-state index contributed by atoms with van der Waals surface area (Å²) in [5.41, 5.74) is 0. The average Bonchev–Trinajstić information content (AvgIpc) is 2.83. The van der Waals surface area contributed by atoms with Gasteiger partial charge in [0.25, 0.3) is 5.91 Å². The van der Waals surface area contributed by atoms with Crippen molar-refractivity contribution in [2.45, 2.75) is 32.1 Å². The van der Waals surface area contributed by atoms with Gasteiger partial charge in [0.05, 0.1) is 6.54 Å². The van der Waals surface area contributed by atoms with Gasteiger partial charge in [-0.25, -0.2) is 5.06 Å². The molecule has 0 saturated heterocycles. The van der Waals surface area contributed by atoms with Gasteiger partial charge in [0, 0.05) is 13.2 Å². The summed E-state index contributed by atoms with van der Waals surface area (Å²) < 4.78 is 11.0. The van der Waals surface area contributed by atoms with Gasteiger partial charge in [0.2, 0.25) is 13.3 Å². The van der Waals surface area contributed by atoms with Crippen LogP contribution in [0.2, 0.25) is 0 Å². The van der Waals surface area contributed by atoms with Crippen LogP contribution < -0.4 is 5.32 Å². The molecule has 116 valence electrons. The molecule has 0 radical (unpaired) electrons. The Morgan fingerprint density at radius 2 is 1.95 bits per heavy atom. The number of nitrogens with zero attached hydrogens (tertiary/aromatic N) is 1. The Kier molecular flexibility index (Phi) is 6.65. The Balaban J connectivity index is 2.20. The summed E-state index contributed by atoms with van der Waals surface area (Å²) >= 11 is 0. The van der Waals surface area contributed by atoms with Gasteiger partial charge in [0.1, 0.15) is 6.16 Å². The minimum Gasteiger partial charge on any atom is -0.346 e. The summed E-state index contributed by atoms with van der Waals surface area (Å²) in [5.74, 6) is -0.719. The molecule has 0 bridgehead atoms. The molecule has 1 rings (SSSR count). The van der Waals surface area contributed by atoms with Crippen LogP contribution in [0, 0.1) is 5.92 Å². The van der Waals surface area contributed by atoms with E-state index in [1.54, 1.807) is 0 Å². The van der Waals surface area contributed by atoms with Crippen LogP contribution in [0.4, 0.5) is 0 Å². The van der Waals surface area contributed by atoms with E-state index in [2.05, 4.69) is 5.32 Å². The second kappa shape index (κ2) is 7.76. The molecule has 1 unspecified atom stereocenters. The molecule has 1 aliphatic rings. The van der Waals surface area contributed by atoms with Crippen LogP contribution in [-0.2, 0) is 14.2 Å². The maximum absolute atomic E-state index is 11.5. The Hall–Kier alpha value is -0.910. The van der Waals surface area contributed by atoms with Crippen LogP contribution in [0.15, 0.2) is 0 Å². The van der Waals surface area contributed by atoms with Crippen molar-refractivity contribution < 1.29 is 24.3 Å². The number of nitrogens with one attached hydrogen (secondary N) is 1. The first-order chi connectivity index (χ1) is 9.28. The third-order valence-electron chi connectivity index (χ3n) is 3.39. The first kappa shape index (κ1) is 17.1. The fourth-order valence-corrected chi connectivity index (χ4v) is 2.96. The van der Waals surface area contributed by atoms with Gasteiger partial charge >= 0.3 is 0 Å². The van der Waals surface area contributed by atoms with E-state index >= 15 is 0 Å². The number of carbonyl (C=O) groups excluding carboxylic acids is 2. The van der Waals surface area contributed by atoms with E-state index in [0.29, 0.717) is 11.0 Å². The van der Waals surface area contributed by atoms with E-state index in [1.165, 1.54) is 12.8 Å². The largest absolute Gasteiger partial charge is 0.346 e. The van der Waals surface area contributed by atoms with Crippen molar-refractivity contribution in [2.24, 2.45) is 5.92 Å². The molecule has 1 saturated carbocycles. The highest BCUT2D eigenvalue weighted by atomic mass is 31.2. The molecule has 3 N–H and O–H groups in total. The first-order valence-corrected chi connectivity index (χ1v) is 9.12. The second-order valence-corrected chi connectivity index (χ2v) is 7.86. The van der Waals surface area contributed by atoms with Crippen molar-refractivity contribution >= 4 is 19.2 Å². The Labute approximate surface area is 118 Å². The summed E-state index contributed by atoms with van der Waals surface area (Å²) in [7, 11) is -3.43. The molecule has 0 aromatic carbocycles. The summed E-state index contributed by atoms with van der Waals surface area (Å²) in [6.07, 6.45) is 4.93. The lowest BCUT2D eigenvalue weighted by Gasteiger charge is -2.17. The van der Waals surface area contributed by atoms with E-state index in [-0.39, 0.29) is 13.1 Å². The van der Waals surface area contributed by atoms with Gasteiger partial charge in [-0.2, -0.15) is 0 Å². The van der Waals surface area contributed by atoms with Gasteiger partial charge in [-0.3, -0.25) is 19.4 Å². The number of hydrogen-bond donors (Lipinski definition) is 3. The first-order valence-electron chi connectivity index (χ1n) is 6.83. The zero-order valence-corrected chi connectivity index (χ0v) is 12.6. The fraction of sp³-hybridized carbons (Fsp3) is 0.833. The summed E-state index contributed by atoms with van der Waals surface area (Å²) in [5, 5.41) is 12.4. The molecule has 0 spiro atoms. The Morgan fingerprint density at radius 3 is 2.50 bits per heavy atom. The molecular weight excluding hydrogens is 283 g/mol. The van der Waals surface area contributed by atoms with Crippen molar-refractivity contribution in [3.05, 3.63) is 0 Å². The molecule has 1 aliphatic carbocycles. The van der Waals surface area contributed by atoms with Crippen LogP contribution in [0.3, 0.4) is 0 Å². The fourth-order valence-electron chi connectivity index (χ4n) is 2.32. The van der Waals surface area contributed by atoms with Crippen LogP contribution in [0.1, 0.15) is 32.1 Å². The third kappa shape index (κ3) is 7.03. The molecule has 1 fully saturated rings. The van der Waals surface area contributed by atoms with Gasteiger partial charge in [-0.15, -0.1) is 0 Å². The van der Waals surface area contributed by atoms with Crippen LogP contribution in [0.5, 0.6) is 0 Å². The normalized spacial score (nSPS) is 18.6. The Bertz CT molecular complexity index is 389. The lowest BCUT2D eigenvalue weighted by Crippen LogP contribution is -2.40. The molecule has 0 heterocycles. The molecule has 1 atom stereocenters. The molecule has 7 nitrogen and oxygen atoms in total. The van der Waals surface area contributed by atoms with Crippen LogP contribution >= 0.6 is 7.37 Å². The molecular formula is C12H23N2O5P. The van der Waals surface area contributed by atoms with Gasteiger partial charge in [0.15, 0.2) is 0 Å². The third-order valence-corrected chi connectivity index (χ3v) is 4.26. The molecule has 2 amide bonds. The smallest absolute Gasteiger partial charge is 0.265 e. The van der Waals surface area contributed by atoms with E-state index in [9.17, 15) is 19.4 Å². The molecule has 0 aliphatic heterocycles. The van der Waals surface area contributed by atoms with Gasteiger partial charge < -0.3 is 10.2 Å². The zero-order chi connectivity index (χ0) is 15.2. The predicted octanol–water partition coefficient (Wildman–Crippen LogP) is 0.801. The molecule has 0 aromatic heterocycles. The second-order valence-electron chi connectivity index (χ2n) is 5.44. The summed E-state index contributed by atoms with van der Waals surface area (Å²) in [6, 6.07) is 0. The summed E-state index contributed by atoms with van der Waals surface area (Å²) in [6.45, 7) is 0.972. The van der Waals surface area contributed by atoms with E-state index in [0.717, 1.165) is 25.9 Å². The molecule has 8 heteroatoms. The van der Waals surface area contributed by atoms with E-state index in [1.807, 2.05) is 0 Å². The molecule has 0 aromatic rings. The van der Waals surface area contributed by atoms with Crippen molar-refractivity contribution in [1.29, 1.82) is 0 Å². The van der Waals surface area contributed by atoms with Crippen molar-refractivity contribution in [3.8, 4) is 0 Å². The number of hydroxylamine groups is 2. The van der Waals surface area contributed by atoms with Crippen LogP contribution in [0.25, 0.3) is 0 Å². The van der Waals surface area contributed by atoms with Crippen molar-refractivity contribution in [1.82, 2.24) is 10.4 Å². The Morgan fingerprint density at radius 1 is 1.35 bits per heavy atom. The number of amides is 2. The monoisotopic (exact) mass is 306 g/mol. The van der Waals surface area contributed by atoms with Crippen LogP contribution in [-0.4, -0.2) is 52.9 Å². The average molecular weight is 306 g/mol. The summed E-state index contributed by atoms with van der Waals surface area (Å²) in [4.78, 5) is 31.8. The van der Waals surface area contributed by atoms with E-state index < -0.39 is 25.3 Å². The lowest BCUT2D eigenvalue weighted by molar-refractivity contribution is -0.165. The SMILES string of the molecule is CP(=O)(O)CC(=O)NCC(=O)N(O)CCC1CCCC1. The van der Waals surface area contributed by atoms with E-state index in [4.69, 9.17) is 4.89 Å². The lowest BCUT2D eigenvalue weighted by atomic mass is 10.0. The number of hydrogen-bond acceptors (Lipinski definition) is 4. The minimum atomic E-state index is -3.43. The highest BCUT2D eigenvalue weighted by Crippen LogP contribution is 2.34. The van der Waals surface area contributed by atoms with Gasteiger partial charge in [-0.1, -0.05) is 25.7 Å². The highest BCUT2D eigenvalue weighted by molar-refractivity contribution is 7.58. The maximum Gasteiger partial charge on any atom is 0.265 e. The molecule has 20 heavy (non-hydrogen) atoms. The predicted molar refractivity (Wildman–Crippen MR) is 73.7 cm³/mol. The minimum absolute atomic E-state index is 0.256. The van der Waals surface area contributed by atoms with Gasteiger partial charge in [-0.05, 0) is 12.3 Å². The van der Waals surface area contributed by atoms with Crippen molar-refractivity contribution in [2.75, 3.05) is 25.9 Å². The van der Waals surface area contributed by atoms with Crippen molar-refractivity contribution in [3.63, 3.8) is 0 Å². The number of rotatable bonds is 7. The zero-order valence-electron chi connectivity index (χ0n) is 11.7.